The predicted octanol–water partition coefficient (Wildman–Crippen LogP) is 3.18. The number of esters is 1. The molecule has 0 bridgehead atoms. The summed E-state index contributed by atoms with van der Waals surface area (Å²) >= 11 is 0. The van der Waals surface area contributed by atoms with Crippen molar-refractivity contribution in [1.82, 2.24) is 0 Å². The molecule has 0 unspecified atom stereocenters. The quantitative estimate of drug-likeness (QED) is 0.408. The fourth-order valence-corrected chi connectivity index (χ4v) is 1.73. The summed E-state index contributed by atoms with van der Waals surface area (Å²) in [6.07, 6.45) is 2.36. The molecule has 0 aliphatic rings. The van der Waals surface area contributed by atoms with Gasteiger partial charge in [-0.1, -0.05) is 36.4 Å². The molecule has 100 valence electrons. The smallest absolute Gasteiger partial charge is 1.00 e. The summed E-state index contributed by atoms with van der Waals surface area (Å²) in [4.78, 5) is 12.0. The van der Waals surface area contributed by atoms with E-state index in [2.05, 4.69) is 6.58 Å². The summed E-state index contributed by atoms with van der Waals surface area (Å²) in [7, 11) is 0. The number of benzene rings is 2. The summed E-state index contributed by atoms with van der Waals surface area (Å²) in [6.45, 7) is 3.67. The molecule has 0 radical (unpaired) electrons. The molecular formula is C16H16CaO3. The molecule has 0 atom stereocenters. The summed E-state index contributed by atoms with van der Waals surface area (Å²) < 4.78 is 5.32. The molecule has 0 aromatic heterocycles. The largest absolute Gasteiger partial charge is 2.00 e. The van der Waals surface area contributed by atoms with Gasteiger partial charge in [-0.05, 0) is 30.2 Å². The van der Waals surface area contributed by atoms with Crippen LogP contribution in [-0.2, 0) is 6.42 Å². The third kappa shape index (κ3) is 4.10. The molecule has 0 saturated carbocycles. The van der Waals surface area contributed by atoms with Crippen molar-refractivity contribution in [2.75, 3.05) is 0 Å². The molecule has 0 amide bonds. The molecule has 0 aliphatic heterocycles. The summed E-state index contributed by atoms with van der Waals surface area (Å²) in [5.74, 6) is -0.182. The van der Waals surface area contributed by atoms with Crippen LogP contribution in [0.15, 0.2) is 61.2 Å². The van der Waals surface area contributed by atoms with Gasteiger partial charge >= 0.3 is 43.7 Å². The third-order valence-electron chi connectivity index (χ3n) is 2.66. The Labute approximate surface area is 150 Å². The third-order valence-corrected chi connectivity index (χ3v) is 2.66. The Bertz CT molecular complexity index is 618. The predicted molar refractivity (Wildman–Crippen MR) is 81.4 cm³/mol. The standard InChI is InChI=1S/C16H14O3.Ca.2H/c1-2-7-12-8-3-6-11-15(12)19-16(18)13-9-4-5-10-14(13)17;;;/h2-6,8-11,17H,1,7H2;;;/q;+2;2*-1. The Morgan fingerprint density at radius 2 is 1.85 bits per heavy atom. The minimum Gasteiger partial charge on any atom is -1.00 e. The molecule has 0 heterocycles. The van der Waals surface area contributed by atoms with Gasteiger partial charge in [0.2, 0.25) is 0 Å². The van der Waals surface area contributed by atoms with Crippen molar-refractivity contribution in [2.45, 2.75) is 6.42 Å². The maximum atomic E-state index is 12.0. The maximum Gasteiger partial charge on any atom is 2.00 e. The van der Waals surface area contributed by atoms with Crippen molar-refractivity contribution < 1.29 is 17.5 Å². The average molecular weight is 296 g/mol. The van der Waals surface area contributed by atoms with Gasteiger partial charge in [0.25, 0.3) is 0 Å². The van der Waals surface area contributed by atoms with Crippen LogP contribution in [0.1, 0.15) is 18.8 Å². The van der Waals surface area contributed by atoms with Crippen molar-refractivity contribution in [3.63, 3.8) is 0 Å². The second kappa shape index (κ2) is 8.10. The van der Waals surface area contributed by atoms with Crippen LogP contribution in [0.3, 0.4) is 0 Å². The molecule has 0 aliphatic carbocycles. The van der Waals surface area contributed by atoms with Crippen molar-refractivity contribution >= 4 is 43.7 Å². The molecule has 20 heavy (non-hydrogen) atoms. The Morgan fingerprint density at radius 3 is 2.55 bits per heavy atom. The number of carbonyl (C=O) groups excluding carboxylic acids is 1. The monoisotopic (exact) mass is 296 g/mol. The van der Waals surface area contributed by atoms with Crippen LogP contribution in [0.2, 0.25) is 0 Å². The number of phenols is 1. The molecule has 0 fully saturated rings. The van der Waals surface area contributed by atoms with Crippen LogP contribution in [0, 0.1) is 0 Å². The van der Waals surface area contributed by atoms with Gasteiger partial charge in [-0.3, -0.25) is 0 Å². The zero-order valence-corrected chi connectivity index (χ0v) is 13.3. The summed E-state index contributed by atoms with van der Waals surface area (Å²) in [5, 5.41) is 9.61. The van der Waals surface area contributed by atoms with Crippen molar-refractivity contribution in [3.8, 4) is 11.5 Å². The van der Waals surface area contributed by atoms with Crippen molar-refractivity contribution in [3.05, 3.63) is 72.3 Å². The van der Waals surface area contributed by atoms with E-state index in [1.807, 2.05) is 12.1 Å². The van der Waals surface area contributed by atoms with Crippen LogP contribution in [-0.4, -0.2) is 48.8 Å². The molecule has 0 saturated heterocycles. The number of para-hydroxylation sites is 2. The summed E-state index contributed by atoms with van der Waals surface area (Å²) in [6, 6.07) is 13.5. The Morgan fingerprint density at radius 1 is 1.20 bits per heavy atom. The first kappa shape index (κ1) is 16.8. The zero-order chi connectivity index (χ0) is 13.7. The van der Waals surface area contributed by atoms with Crippen molar-refractivity contribution in [1.29, 1.82) is 0 Å². The number of phenolic OH excluding ortho intramolecular Hbond substituents is 1. The topological polar surface area (TPSA) is 46.5 Å². The minimum atomic E-state index is -0.574. The number of carbonyl (C=O) groups is 1. The molecular weight excluding hydrogens is 280 g/mol. The van der Waals surface area contributed by atoms with E-state index >= 15 is 0 Å². The number of rotatable bonds is 4. The fourth-order valence-electron chi connectivity index (χ4n) is 1.73. The summed E-state index contributed by atoms with van der Waals surface area (Å²) in [5.41, 5.74) is 1.03. The first-order valence-corrected chi connectivity index (χ1v) is 5.91. The average Bonchev–Trinajstić information content (AvgIpc) is 2.41. The van der Waals surface area contributed by atoms with E-state index in [9.17, 15) is 9.90 Å². The van der Waals surface area contributed by atoms with Crippen LogP contribution in [0.5, 0.6) is 11.5 Å². The Hall–Kier alpha value is -1.29. The second-order valence-electron chi connectivity index (χ2n) is 4.01. The van der Waals surface area contributed by atoms with E-state index in [-0.39, 0.29) is 51.9 Å². The molecule has 2 aromatic carbocycles. The van der Waals surface area contributed by atoms with Gasteiger partial charge in [-0.15, -0.1) is 6.58 Å². The normalized spacial score (nSPS) is 9.40. The second-order valence-corrected chi connectivity index (χ2v) is 4.01. The Balaban J connectivity index is 0. The maximum absolute atomic E-state index is 12.0. The van der Waals surface area contributed by atoms with Crippen LogP contribution in [0.4, 0.5) is 0 Å². The van der Waals surface area contributed by atoms with Gasteiger partial charge in [0.05, 0.1) is 0 Å². The van der Waals surface area contributed by atoms with Gasteiger partial charge in [-0.2, -0.15) is 0 Å². The fraction of sp³-hybridized carbons (Fsp3) is 0.0625. The van der Waals surface area contributed by atoms with Gasteiger partial charge in [-0.25, -0.2) is 4.79 Å². The number of ether oxygens (including phenoxy) is 1. The zero-order valence-electron chi connectivity index (χ0n) is 13.1. The van der Waals surface area contributed by atoms with Crippen LogP contribution in [0.25, 0.3) is 0 Å². The van der Waals surface area contributed by atoms with Gasteiger partial charge < -0.3 is 12.7 Å². The first-order chi connectivity index (χ1) is 9.22. The molecule has 4 heteroatoms. The molecule has 0 spiro atoms. The van der Waals surface area contributed by atoms with E-state index in [0.29, 0.717) is 12.2 Å². The molecule has 2 aromatic rings. The first-order valence-electron chi connectivity index (χ1n) is 5.91. The van der Waals surface area contributed by atoms with E-state index in [1.54, 1.807) is 30.3 Å². The molecule has 3 nitrogen and oxygen atoms in total. The number of allylic oxidation sites excluding steroid dienone is 1. The van der Waals surface area contributed by atoms with Gasteiger partial charge in [0.15, 0.2) is 0 Å². The molecule has 2 rings (SSSR count). The van der Waals surface area contributed by atoms with E-state index < -0.39 is 5.97 Å². The Kier molecular flexibility index (Phi) is 6.79. The van der Waals surface area contributed by atoms with Gasteiger partial charge in [0, 0.05) is 0 Å². The number of hydrogen-bond acceptors (Lipinski definition) is 3. The van der Waals surface area contributed by atoms with Crippen LogP contribution < -0.4 is 4.74 Å². The van der Waals surface area contributed by atoms with Gasteiger partial charge in [0.1, 0.15) is 17.1 Å². The van der Waals surface area contributed by atoms with E-state index in [0.717, 1.165) is 5.56 Å². The number of aromatic hydroxyl groups is 1. The minimum absolute atomic E-state index is 0. The van der Waals surface area contributed by atoms with Crippen molar-refractivity contribution in [2.24, 2.45) is 0 Å². The van der Waals surface area contributed by atoms with E-state index in [1.165, 1.54) is 12.1 Å². The van der Waals surface area contributed by atoms with Crippen LogP contribution >= 0.6 is 0 Å². The van der Waals surface area contributed by atoms with E-state index in [4.69, 9.17) is 4.74 Å². The SMILES string of the molecule is C=CCc1ccccc1OC(=O)c1ccccc1O.[Ca+2].[H-].[H-]. The molecule has 1 N–H and O–H groups in total. The number of hydrogen-bond donors (Lipinski definition) is 1.